The molecule has 0 spiro atoms. The first-order valence-electron chi connectivity index (χ1n) is 8.69. The fourth-order valence-electron chi connectivity index (χ4n) is 3.61. The van der Waals surface area contributed by atoms with E-state index in [-0.39, 0.29) is 11.9 Å². The maximum atomic E-state index is 12.8. The van der Waals surface area contributed by atoms with Crippen LogP contribution in [0.25, 0.3) is 0 Å². The van der Waals surface area contributed by atoms with Crippen molar-refractivity contribution >= 4 is 5.91 Å². The van der Waals surface area contributed by atoms with Crippen molar-refractivity contribution in [1.82, 2.24) is 15.8 Å². The van der Waals surface area contributed by atoms with E-state index in [1.807, 2.05) is 17.0 Å². The molecule has 0 aliphatic carbocycles. The monoisotopic (exact) mass is 333 g/mol. The number of fused-ring (bicyclic) bond motifs is 1. The molecule has 1 aromatic rings. The van der Waals surface area contributed by atoms with E-state index in [9.17, 15) is 4.79 Å². The van der Waals surface area contributed by atoms with Gasteiger partial charge in [-0.05, 0) is 42.5 Å². The Hall–Kier alpha value is -1.79. The van der Waals surface area contributed by atoms with Crippen molar-refractivity contribution in [2.45, 2.75) is 51.2 Å². The number of amides is 1. The normalized spacial score (nSPS) is 23.0. The topological polar surface area (TPSA) is 62.8 Å². The number of carbonyl (C=O) groups is 1. The molecule has 1 fully saturated rings. The number of hydrazine groups is 1. The van der Waals surface area contributed by atoms with E-state index < -0.39 is 0 Å². The number of carbonyl (C=O) groups excluding carboxylic acids is 1. The minimum absolute atomic E-state index is 0.122. The Morgan fingerprint density at radius 2 is 1.92 bits per heavy atom. The molecule has 0 radical (unpaired) electrons. The van der Waals surface area contributed by atoms with Crippen LogP contribution >= 0.6 is 0 Å². The van der Waals surface area contributed by atoms with Gasteiger partial charge in [-0.2, -0.15) is 0 Å². The molecule has 0 bridgehead atoms. The van der Waals surface area contributed by atoms with Crippen molar-refractivity contribution < 1.29 is 14.3 Å². The molecule has 2 unspecified atom stereocenters. The summed E-state index contributed by atoms with van der Waals surface area (Å²) in [5, 5.41) is 0. The van der Waals surface area contributed by atoms with Gasteiger partial charge in [0.15, 0.2) is 11.5 Å². The van der Waals surface area contributed by atoms with Gasteiger partial charge in [0.2, 0.25) is 5.91 Å². The van der Waals surface area contributed by atoms with Crippen LogP contribution < -0.4 is 20.3 Å². The highest BCUT2D eigenvalue weighted by Gasteiger charge is 2.33. The highest BCUT2D eigenvalue weighted by atomic mass is 16.5. The van der Waals surface area contributed by atoms with Crippen LogP contribution in [-0.4, -0.2) is 43.7 Å². The quantitative estimate of drug-likeness (QED) is 0.857. The van der Waals surface area contributed by atoms with Gasteiger partial charge in [0.25, 0.3) is 0 Å². The molecule has 0 saturated carbocycles. The SMILES string of the molecule is CCCC1CC(C(=O)N2CCc3cc(OC)c(OC)cc3C2)NN1. The molecule has 3 rings (SSSR count). The van der Waals surface area contributed by atoms with Gasteiger partial charge in [0.05, 0.1) is 14.2 Å². The Bertz CT molecular complexity index is 605. The van der Waals surface area contributed by atoms with Gasteiger partial charge in [-0.1, -0.05) is 13.3 Å². The first-order valence-corrected chi connectivity index (χ1v) is 8.69. The van der Waals surface area contributed by atoms with Crippen molar-refractivity contribution in [3.63, 3.8) is 0 Å². The maximum Gasteiger partial charge on any atom is 0.241 e. The standard InChI is InChI=1S/C18H27N3O3/c1-4-5-14-10-15(20-19-14)18(22)21-7-6-12-8-16(23-2)17(24-3)9-13(12)11-21/h8-9,14-15,19-20H,4-7,10-11H2,1-3H3. The van der Waals surface area contributed by atoms with Crippen molar-refractivity contribution in [2.24, 2.45) is 0 Å². The third-order valence-electron chi connectivity index (χ3n) is 4.95. The Kier molecular flexibility index (Phi) is 5.26. The van der Waals surface area contributed by atoms with Crippen LogP contribution in [0, 0.1) is 0 Å². The average molecular weight is 333 g/mol. The van der Waals surface area contributed by atoms with Gasteiger partial charge in [-0.15, -0.1) is 0 Å². The zero-order chi connectivity index (χ0) is 17.1. The summed E-state index contributed by atoms with van der Waals surface area (Å²) in [6.07, 6.45) is 3.93. The van der Waals surface area contributed by atoms with Crippen molar-refractivity contribution in [2.75, 3.05) is 20.8 Å². The van der Waals surface area contributed by atoms with Crippen molar-refractivity contribution in [3.05, 3.63) is 23.3 Å². The molecule has 0 aromatic heterocycles. The molecule has 2 aliphatic heterocycles. The van der Waals surface area contributed by atoms with Crippen LogP contribution in [0.5, 0.6) is 11.5 Å². The van der Waals surface area contributed by atoms with Crippen LogP contribution in [0.3, 0.4) is 0 Å². The first kappa shape index (κ1) is 17.0. The number of methoxy groups -OCH3 is 2. The van der Waals surface area contributed by atoms with Crippen molar-refractivity contribution in [1.29, 1.82) is 0 Å². The number of nitrogens with zero attached hydrogens (tertiary/aromatic N) is 1. The number of rotatable bonds is 5. The zero-order valence-corrected chi connectivity index (χ0v) is 14.7. The summed E-state index contributed by atoms with van der Waals surface area (Å²) >= 11 is 0. The fourth-order valence-corrected chi connectivity index (χ4v) is 3.61. The molecular formula is C18H27N3O3. The van der Waals surface area contributed by atoms with Gasteiger partial charge < -0.3 is 14.4 Å². The summed E-state index contributed by atoms with van der Waals surface area (Å²) in [5.74, 6) is 1.65. The van der Waals surface area contributed by atoms with Gasteiger partial charge in [0, 0.05) is 19.1 Å². The number of benzene rings is 1. The minimum Gasteiger partial charge on any atom is -0.493 e. The Balaban J connectivity index is 1.69. The van der Waals surface area contributed by atoms with Crippen LogP contribution in [0.15, 0.2) is 12.1 Å². The minimum atomic E-state index is -0.122. The fraction of sp³-hybridized carbons (Fsp3) is 0.611. The predicted molar refractivity (Wildman–Crippen MR) is 92.0 cm³/mol. The summed E-state index contributed by atoms with van der Waals surface area (Å²) in [6, 6.07) is 4.30. The van der Waals surface area contributed by atoms with Crippen LogP contribution in [0.4, 0.5) is 0 Å². The lowest BCUT2D eigenvalue weighted by molar-refractivity contribution is -0.134. The number of hydrogen-bond donors (Lipinski definition) is 2. The van der Waals surface area contributed by atoms with Crippen molar-refractivity contribution in [3.8, 4) is 11.5 Å². The van der Waals surface area contributed by atoms with Gasteiger partial charge in [-0.3, -0.25) is 10.2 Å². The second-order valence-corrected chi connectivity index (χ2v) is 6.55. The molecule has 2 aliphatic rings. The summed E-state index contributed by atoms with van der Waals surface area (Å²) < 4.78 is 10.8. The first-order chi connectivity index (χ1) is 11.7. The molecule has 6 nitrogen and oxygen atoms in total. The van der Waals surface area contributed by atoms with E-state index in [1.54, 1.807) is 14.2 Å². The predicted octanol–water partition coefficient (Wildman–Crippen LogP) is 1.62. The molecule has 6 heteroatoms. The lowest BCUT2D eigenvalue weighted by Crippen LogP contribution is -2.47. The van der Waals surface area contributed by atoms with E-state index in [2.05, 4.69) is 17.8 Å². The lowest BCUT2D eigenvalue weighted by atomic mass is 9.97. The Morgan fingerprint density at radius 3 is 2.58 bits per heavy atom. The summed E-state index contributed by atoms with van der Waals surface area (Å²) in [6.45, 7) is 3.54. The van der Waals surface area contributed by atoms with Gasteiger partial charge >= 0.3 is 0 Å². The largest absolute Gasteiger partial charge is 0.493 e. The molecule has 2 heterocycles. The van der Waals surface area contributed by atoms with Gasteiger partial charge in [-0.25, -0.2) is 5.43 Å². The zero-order valence-electron chi connectivity index (χ0n) is 14.7. The average Bonchev–Trinajstić information content (AvgIpc) is 3.08. The second-order valence-electron chi connectivity index (χ2n) is 6.55. The summed E-state index contributed by atoms with van der Waals surface area (Å²) in [5.41, 5.74) is 8.79. The van der Waals surface area contributed by atoms with E-state index >= 15 is 0 Å². The second kappa shape index (κ2) is 7.40. The van der Waals surface area contributed by atoms with Crippen LogP contribution in [-0.2, 0) is 17.8 Å². The Morgan fingerprint density at radius 1 is 1.21 bits per heavy atom. The number of hydrogen-bond acceptors (Lipinski definition) is 5. The Labute approximate surface area is 143 Å². The van der Waals surface area contributed by atoms with E-state index in [1.165, 1.54) is 5.56 Å². The van der Waals surface area contributed by atoms with E-state index in [0.717, 1.165) is 43.5 Å². The molecule has 1 saturated heterocycles. The summed E-state index contributed by atoms with van der Waals surface area (Å²) in [7, 11) is 3.28. The third kappa shape index (κ3) is 3.35. The van der Waals surface area contributed by atoms with Gasteiger partial charge in [0.1, 0.15) is 6.04 Å². The van der Waals surface area contributed by atoms with E-state index in [0.29, 0.717) is 18.3 Å². The molecule has 1 aromatic carbocycles. The molecule has 1 amide bonds. The highest BCUT2D eigenvalue weighted by molar-refractivity contribution is 5.82. The maximum absolute atomic E-state index is 12.8. The van der Waals surface area contributed by atoms with Crippen LogP contribution in [0.1, 0.15) is 37.3 Å². The van der Waals surface area contributed by atoms with Crippen LogP contribution in [0.2, 0.25) is 0 Å². The third-order valence-corrected chi connectivity index (χ3v) is 4.95. The molecule has 132 valence electrons. The number of nitrogens with one attached hydrogen (secondary N) is 2. The molecule has 2 N–H and O–H groups in total. The summed E-state index contributed by atoms with van der Waals surface area (Å²) in [4.78, 5) is 14.8. The lowest BCUT2D eigenvalue weighted by Gasteiger charge is -2.31. The highest BCUT2D eigenvalue weighted by Crippen LogP contribution is 2.33. The van der Waals surface area contributed by atoms with E-state index in [4.69, 9.17) is 9.47 Å². The molecular weight excluding hydrogens is 306 g/mol. The number of ether oxygens (including phenoxy) is 2. The smallest absolute Gasteiger partial charge is 0.241 e. The molecule has 24 heavy (non-hydrogen) atoms. The molecule has 2 atom stereocenters.